The van der Waals surface area contributed by atoms with Crippen molar-refractivity contribution in [1.82, 2.24) is 4.98 Å². The number of aliphatic hydroxyl groups is 1. The zero-order chi connectivity index (χ0) is 12.3. The van der Waals surface area contributed by atoms with Crippen molar-refractivity contribution in [3.63, 3.8) is 0 Å². The molecule has 0 amide bonds. The van der Waals surface area contributed by atoms with Gasteiger partial charge in [0.25, 0.3) is 0 Å². The fraction of sp³-hybridized carbons (Fsp3) is 0.500. The minimum atomic E-state index is -0.964. The van der Waals surface area contributed by atoms with Gasteiger partial charge in [-0.1, -0.05) is 6.42 Å². The number of hydrogen-bond donors (Lipinski definition) is 3. The van der Waals surface area contributed by atoms with Crippen LogP contribution < -0.4 is 5.32 Å². The Balaban J connectivity index is 2.15. The normalized spacial score (nSPS) is 23.6. The van der Waals surface area contributed by atoms with Crippen LogP contribution in [0.2, 0.25) is 0 Å². The van der Waals surface area contributed by atoms with Crippen LogP contribution in [0.4, 0.5) is 5.69 Å². The molecule has 1 saturated carbocycles. The molecule has 1 aliphatic carbocycles. The van der Waals surface area contributed by atoms with E-state index in [2.05, 4.69) is 10.3 Å². The topological polar surface area (TPSA) is 82.5 Å². The van der Waals surface area contributed by atoms with Gasteiger partial charge in [-0.05, 0) is 18.9 Å². The first-order valence-corrected chi connectivity index (χ1v) is 5.77. The number of hydrogen-bond acceptors (Lipinski definition) is 4. The number of rotatable bonds is 4. The summed E-state index contributed by atoms with van der Waals surface area (Å²) in [5.74, 6) is -0.759. The number of nitrogens with zero attached hydrogens (tertiary/aromatic N) is 1. The summed E-state index contributed by atoms with van der Waals surface area (Å²) in [7, 11) is 0. The van der Waals surface area contributed by atoms with E-state index >= 15 is 0 Å². The third-order valence-corrected chi connectivity index (χ3v) is 3.29. The standard InChI is InChI=1S/C12H16N2O3/c15-7-8-2-1-3-10(8)14-11-6-13-5-4-9(11)12(16)17/h4-6,8,10,14-15H,1-3,7H2,(H,16,17). The van der Waals surface area contributed by atoms with Crippen molar-refractivity contribution in [3.05, 3.63) is 24.0 Å². The molecule has 92 valence electrons. The van der Waals surface area contributed by atoms with Gasteiger partial charge in [-0.3, -0.25) is 4.98 Å². The second-order valence-corrected chi connectivity index (χ2v) is 4.35. The lowest BCUT2D eigenvalue weighted by Gasteiger charge is -2.20. The predicted octanol–water partition coefficient (Wildman–Crippen LogP) is 1.35. The average molecular weight is 236 g/mol. The predicted molar refractivity (Wildman–Crippen MR) is 63.0 cm³/mol. The quantitative estimate of drug-likeness (QED) is 0.735. The van der Waals surface area contributed by atoms with Gasteiger partial charge in [-0.2, -0.15) is 0 Å². The maximum absolute atomic E-state index is 11.0. The minimum Gasteiger partial charge on any atom is -0.478 e. The second-order valence-electron chi connectivity index (χ2n) is 4.35. The molecule has 0 bridgehead atoms. The summed E-state index contributed by atoms with van der Waals surface area (Å²) in [5.41, 5.74) is 0.758. The molecule has 5 heteroatoms. The Morgan fingerprint density at radius 2 is 2.35 bits per heavy atom. The smallest absolute Gasteiger partial charge is 0.337 e. The highest BCUT2D eigenvalue weighted by Crippen LogP contribution is 2.28. The third kappa shape index (κ3) is 2.55. The Hall–Kier alpha value is -1.62. The van der Waals surface area contributed by atoms with Crippen molar-refractivity contribution in [3.8, 4) is 0 Å². The van der Waals surface area contributed by atoms with Gasteiger partial charge in [0, 0.05) is 24.8 Å². The summed E-state index contributed by atoms with van der Waals surface area (Å²) in [5, 5.41) is 21.5. The Kier molecular flexibility index (Phi) is 3.58. The van der Waals surface area contributed by atoms with Gasteiger partial charge in [0.05, 0.1) is 17.4 Å². The molecule has 0 aliphatic heterocycles. The van der Waals surface area contributed by atoms with Gasteiger partial charge in [0.2, 0.25) is 0 Å². The molecule has 0 aromatic carbocycles. The number of aromatic carboxylic acids is 1. The van der Waals surface area contributed by atoms with Crippen LogP contribution in [-0.4, -0.2) is 33.8 Å². The first-order chi connectivity index (χ1) is 8.22. The third-order valence-electron chi connectivity index (χ3n) is 3.29. The molecule has 1 heterocycles. The van der Waals surface area contributed by atoms with E-state index in [1.807, 2.05) is 0 Å². The Labute approximate surface area is 99.5 Å². The summed E-state index contributed by atoms with van der Waals surface area (Å²) >= 11 is 0. The molecule has 1 aromatic rings. The molecule has 2 rings (SSSR count). The Morgan fingerprint density at radius 1 is 1.53 bits per heavy atom. The number of anilines is 1. The molecule has 2 atom stereocenters. The number of aromatic nitrogens is 1. The largest absolute Gasteiger partial charge is 0.478 e. The number of pyridine rings is 1. The van der Waals surface area contributed by atoms with Gasteiger partial charge in [-0.25, -0.2) is 4.79 Å². The number of nitrogens with one attached hydrogen (secondary N) is 1. The molecular weight excluding hydrogens is 220 g/mol. The highest BCUT2D eigenvalue weighted by atomic mass is 16.4. The van der Waals surface area contributed by atoms with E-state index in [-0.39, 0.29) is 24.1 Å². The maximum atomic E-state index is 11.0. The van der Waals surface area contributed by atoms with Crippen molar-refractivity contribution < 1.29 is 15.0 Å². The van der Waals surface area contributed by atoms with Crippen LogP contribution in [0.3, 0.4) is 0 Å². The number of aliphatic hydroxyl groups excluding tert-OH is 1. The van der Waals surface area contributed by atoms with E-state index in [1.165, 1.54) is 18.5 Å². The van der Waals surface area contributed by atoms with Crippen LogP contribution >= 0.6 is 0 Å². The van der Waals surface area contributed by atoms with Crippen molar-refractivity contribution in [2.24, 2.45) is 5.92 Å². The number of carboxylic acids is 1. The lowest BCUT2D eigenvalue weighted by molar-refractivity contribution is 0.0697. The maximum Gasteiger partial charge on any atom is 0.337 e. The molecule has 0 saturated heterocycles. The van der Waals surface area contributed by atoms with Gasteiger partial charge >= 0.3 is 5.97 Å². The summed E-state index contributed by atoms with van der Waals surface area (Å²) in [4.78, 5) is 15.0. The Morgan fingerprint density at radius 3 is 3.06 bits per heavy atom. The summed E-state index contributed by atoms with van der Waals surface area (Å²) in [6.45, 7) is 0.139. The van der Waals surface area contributed by atoms with Crippen molar-refractivity contribution in [2.45, 2.75) is 25.3 Å². The molecule has 5 nitrogen and oxygen atoms in total. The lowest BCUT2D eigenvalue weighted by Crippen LogP contribution is -2.27. The van der Waals surface area contributed by atoms with E-state index < -0.39 is 5.97 Å². The molecule has 1 fully saturated rings. The molecular formula is C12H16N2O3. The zero-order valence-corrected chi connectivity index (χ0v) is 9.47. The van der Waals surface area contributed by atoms with Crippen molar-refractivity contribution >= 4 is 11.7 Å². The van der Waals surface area contributed by atoms with Crippen LogP contribution in [0.15, 0.2) is 18.5 Å². The SMILES string of the molecule is O=C(O)c1ccncc1NC1CCCC1CO. The second kappa shape index (κ2) is 5.14. The van der Waals surface area contributed by atoms with Crippen LogP contribution in [-0.2, 0) is 0 Å². The van der Waals surface area contributed by atoms with Crippen LogP contribution in [0.5, 0.6) is 0 Å². The highest BCUT2D eigenvalue weighted by molar-refractivity contribution is 5.93. The molecule has 1 aromatic heterocycles. The summed E-state index contributed by atoms with van der Waals surface area (Å²) in [6, 6.07) is 1.62. The molecule has 2 unspecified atom stereocenters. The van der Waals surface area contributed by atoms with Crippen molar-refractivity contribution in [2.75, 3.05) is 11.9 Å². The van der Waals surface area contributed by atoms with E-state index in [4.69, 9.17) is 5.11 Å². The number of carboxylic acid groups (broad SMARTS) is 1. The monoisotopic (exact) mass is 236 g/mol. The van der Waals surface area contributed by atoms with Crippen LogP contribution in [0, 0.1) is 5.92 Å². The van der Waals surface area contributed by atoms with E-state index in [9.17, 15) is 9.90 Å². The van der Waals surface area contributed by atoms with Crippen LogP contribution in [0.1, 0.15) is 29.6 Å². The molecule has 0 spiro atoms. The van der Waals surface area contributed by atoms with E-state index in [0.717, 1.165) is 19.3 Å². The van der Waals surface area contributed by atoms with E-state index in [1.54, 1.807) is 0 Å². The molecule has 17 heavy (non-hydrogen) atoms. The van der Waals surface area contributed by atoms with Crippen LogP contribution in [0.25, 0.3) is 0 Å². The van der Waals surface area contributed by atoms with Gasteiger partial charge in [-0.15, -0.1) is 0 Å². The molecule has 1 aliphatic rings. The number of carbonyl (C=O) groups is 1. The molecule has 3 N–H and O–H groups in total. The first-order valence-electron chi connectivity index (χ1n) is 5.77. The average Bonchev–Trinajstić information content (AvgIpc) is 2.77. The van der Waals surface area contributed by atoms with E-state index in [0.29, 0.717) is 5.69 Å². The lowest BCUT2D eigenvalue weighted by atomic mass is 10.0. The summed E-state index contributed by atoms with van der Waals surface area (Å²) in [6.07, 6.45) is 5.99. The van der Waals surface area contributed by atoms with Gasteiger partial charge in [0.15, 0.2) is 0 Å². The first kappa shape index (κ1) is 11.9. The fourth-order valence-electron chi connectivity index (χ4n) is 2.34. The Bertz CT molecular complexity index is 408. The fourth-order valence-corrected chi connectivity index (χ4v) is 2.34. The molecule has 0 radical (unpaired) electrons. The van der Waals surface area contributed by atoms with Gasteiger partial charge < -0.3 is 15.5 Å². The summed E-state index contributed by atoms with van der Waals surface area (Å²) < 4.78 is 0. The zero-order valence-electron chi connectivity index (χ0n) is 9.47. The van der Waals surface area contributed by atoms with Gasteiger partial charge in [0.1, 0.15) is 0 Å². The highest BCUT2D eigenvalue weighted by Gasteiger charge is 2.27. The minimum absolute atomic E-state index is 0.139. The van der Waals surface area contributed by atoms with Crippen molar-refractivity contribution in [1.29, 1.82) is 0 Å².